The molecule has 0 rings (SSSR count). The predicted octanol–water partition coefficient (Wildman–Crippen LogP) is 2.00. The Kier molecular flexibility index (Phi) is 6.24. The molecule has 3 nitrogen and oxygen atoms in total. The molecule has 76 valence electrons. The first-order chi connectivity index (χ1) is 6.07. The lowest BCUT2D eigenvalue weighted by molar-refractivity contribution is -0.163. The molecule has 0 saturated carbocycles. The summed E-state index contributed by atoms with van der Waals surface area (Å²) in [6.07, 6.45) is 2.53. The van der Waals surface area contributed by atoms with Crippen LogP contribution < -0.4 is 0 Å². The Labute approximate surface area is 79.4 Å². The Bertz CT molecular complexity index is 175. The van der Waals surface area contributed by atoms with Crippen molar-refractivity contribution in [2.75, 3.05) is 0 Å². The second kappa shape index (κ2) is 6.66. The zero-order chi connectivity index (χ0) is 10.3. The maximum absolute atomic E-state index is 10.9. The van der Waals surface area contributed by atoms with Gasteiger partial charge in [0.1, 0.15) is 0 Å². The van der Waals surface area contributed by atoms with Crippen LogP contribution in [0.4, 0.5) is 0 Å². The number of esters is 1. The van der Waals surface area contributed by atoms with Crippen LogP contribution in [0.2, 0.25) is 0 Å². The van der Waals surface area contributed by atoms with E-state index in [1.165, 1.54) is 0 Å². The molecule has 0 heterocycles. The Balaban J connectivity index is 3.55. The van der Waals surface area contributed by atoms with Crippen LogP contribution in [-0.2, 0) is 9.53 Å². The average Bonchev–Trinajstić information content (AvgIpc) is 2.04. The minimum Gasteiger partial charge on any atom is -0.433 e. The summed E-state index contributed by atoms with van der Waals surface area (Å²) in [6, 6.07) is 0. The molecule has 13 heavy (non-hydrogen) atoms. The van der Waals surface area contributed by atoms with Gasteiger partial charge >= 0.3 is 5.97 Å². The van der Waals surface area contributed by atoms with E-state index in [0.717, 1.165) is 19.3 Å². The molecule has 0 saturated heterocycles. The van der Waals surface area contributed by atoms with E-state index < -0.39 is 12.3 Å². The predicted molar refractivity (Wildman–Crippen MR) is 51.1 cm³/mol. The maximum atomic E-state index is 10.9. The molecule has 0 aromatic carbocycles. The number of unbranched alkanes of at least 4 members (excludes halogenated alkanes) is 2. The van der Waals surface area contributed by atoms with E-state index in [2.05, 4.69) is 18.2 Å². The molecule has 0 aliphatic rings. The molecule has 0 fully saturated rings. The first-order valence-corrected chi connectivity index (χ1v) is 4.62. The van der Waals surface area contributed by atoms with E-state index in [1.807, 2.05) is 0 Å². The van der Waals surface area contributed by atoms with Gasteiger partial charge in [-0.05, 0) is 13.3 Å². The van der Waals surface area contributed by atoms with Gasteiger partial charge in [0.25, 0.3) is 0 Å². The number of hydrogen-bond acceptors (Lipinski definition) is 3. The Morgan fingerprint density at radius 1 is 1.54 bits per heavy atom. The fourth-order valence-corrected chi connectivity index (χ4v) is 0.852. The van der Waals surface area contributed by atoms with Gasteiger partial charge in [-0.3, -0.25) is 0 Å². The third-order valence-electron chi connectivity index (χ3n) is 1.65. The Morgan fingerprint density at radius 2 is 2.15 bits per heavy atom. The zero-order valence-electron chi connectivity index (χ0n) is 8.38. The van der Waals surface area contributed by atoms with Crippen molar-refractivity contribution in [1.29, 1.82) is 0 Å². The van der Waals surface area contributed by atoms with E-state index in [4.69, 9.17) is 0 Å². The van der Waals surface area contributed by atoms with Gasteiger partial charge in [-0.25, -0.2) is 4.79 Å². The smallest absolute Gasteiger partial charge is 0.335 e. The van der Waals surface area contributed by atoms with Gasteiger partial charge in [0.05, 0.1) is 0 Å². The largest absolute Gasteiger partial charge is 0.433 e. The van der Waals surface area contributed by atoms with E-state index in [0.29, 0.717) is 12.0 Å². The second-order valence-corrected chi connectivity index (χ2v) is 3.14. The number of rotatable bonds is 6. The van der Waals surface area contributed by atoms with Crippen LogP contribution in [0.5, 0.6) is 0 Å². The van der Waals surface area contributed by atoms with Gasteiger partial charge in [0.15, 0.2) is 0 Å². The monoisotopic (exact) mass is 186 g/mol. The number of ether oxygens (including phenoxy) is 1. The van der Waals surface area contributed by atoms with Crippen LogP contribution in [0.1, 0.15) is 39.5 Å². The minimum absolute atomic E-state index is 0.314. The molecule has 0 bridgehead atoms. The molecule has 3 heteroatoms. The van der Waals surface area contributed by atoms with Crippen molar-refractivity contribution in [3.63, 3.8) is 0 Å². The van der Waals surface area contributed by atoms with E-state index in [-0.39, 0.29) is 0 Å². The highest BCUT2D eigenvalue weighted by Gasteiger charge is 2.10. The van der Waals surface area contributed by atoms with Crippen molar-refractivity contribution in [2.45, 2.75) is 45.8 Å². The molecule has 0 radical (unpaired) electrons. The summed E-state index contributed by atoms with van der Waals surface area (Å²) < 4.78 is 4.68. The summed E-state index contributed by atoms with van der Waals surface area (Å²) in [6.45, 7) is 7.05. The molecule has 1 N–H and O–H groups in total. The number of carbonyl (C=O) groups is 1. The highest BCUT2D eigenvalue weighted by Crippen LogP contribution is 2.06. The SMILES string of the molecule is C=C(C)C(=O)OC(O)CCCCC. The highest BCUT2D eigenvalue weighted by molar-refractivity contribution is 5.86. The van der Waals surface area contributed by atoms with Gasteiger partial charge < -0.3 is 9.84 Å². The van der Waals surface area contributed by atoms with E-state index >= 15 is 0 Å². The van der Waals surface area contributed by atoms with Crippen molar-refractivity contribution in [3.8, 4) is 0 Å². The van der Waals surface area contributed by atoms with Crippen molar-refractivity contribution in [3.05, 3.63) is 12.2 Å². The molecular weight excluding hydrogens is 168 g/mol. The first-order valence-electron chi connectivity index (χ1n) is 4.62. The molecule has 0 spiro atoms. The highest BCUT2D eigenvalue weighted by atomic mass is 16.6. The molecule has 0 aliphatic heterocycles. The summed E-state index contributed by atoms with van der Waals surface area (Å²) >= 11 is 0. The summed E-state index contributed by atoms with van der Waals surface area (Å²) in [5.74, 6) is -0.524. The van der Waals surface area contributed by atoms with Gasteiger partial charge in [-0.1, -0.05) is 26.3 Å². The number of aliphatic hydroxyl groups excluding tert-OH is 1. The van der Waals surface area contributed by atoms with Crippen LogP contribution in [-0.4, -0.2) is 17.4 Å². The van der Waals surface area contributed by atoms with Crippen molar-refractivity contribution >= 4 is 5.97 Å². The number of aliphatic hydroxyl groups is 1. The summed E-state index contributed by atoms with van der Waals surface area (Å²) in [5, 5.41) is 9.21. The van der Waals surface area contributed by atoms with Crippen LogP contribution >= 0.6 is 0 Å². The molecule has 0 aromatic heterocycles. The summed E-state index contributed by atoms with van der Waals surface area (Å²) in [5.41, 5.74) is 0.314. The molecule has 0 aliphatic carbocycles. The zero-order valence-corrected chi connectivity index (χ0v) is 8.38. The maximum Gasteiger partial charge on any atom is 0.335 e. The van der Waals surface area contributed by atoms with Crippen molar-refractivity contribution in [2.24, 2.45) is 0 Å². The first kappa shape index (κ1) is 12.2. The second-order valence-electron chi connectivity index (χ2n) is 3.14. The molecular formula is C10H18O3. The third-order valence-corrected chi connectivity index (χ3v) is 1.65. The Morgan fingerprint density at radius 3 is 2.62 bits per heavy atom. The standard InChI is InChI=1S/C10H18O3/c1-4-5-6-7-9(11)13-10(12)8(2)3/h9,11H,2,4-7H2,1,3H3. The molecule has 1 atom stereocenters. The summed E-state index contributed by atoms with van der Waals surface area (Å²) in [4.78, 5) is 10.9. The fourth-order valence-electron chi connectivity index (χ4n) is 0.852. The van der Waals surface area contributed by atoms with Gasteiger partial charge in [0, 0.05) is 12.0 Å². The number of hydrogen-bond donors (Lipinski definition) is 1. The molecule has 0 aromatic rings. The van der Waals surface area contributed by atoms with Gasteiger partial charge in [0.2, 0.25) is 6.29 Å². The topological polar surface area (TPSA) is 46.5 Å². The lowest BCUT2D eigenvalue weighted by Gasteiger charge is -2.11. The van der Waals surface area contributed by atoms with E-state index in [9.17, 15) is 9.90 Å². The molecule has 0 amide bonds. The van der Waals surface area contributed by atoms with E-state index in [1.54, 1.807) is 6.92 Å². The fraction of sp³-hybridized carbons (Fsp3) is 0.700. The van der Waals surface area contributed by atoms with Crippen LogP contribution in [0.25, 0.3) is 0 Å². The number of carbonyl (C=O) groups excluding carboxylic acids is 1. The lowest BCUT2D eigenvalue weighted by Crippen LogP contribution is -2.17. The van der Waals surface area contributed by atoms with Gasteiger partial charge in [-0.2, -0.15) is 0 Å². The van der Waals surface area contributed by atoms with Crippen molar-refractivity contribution in [1.82, 2.24) is 0 Å². The summed E-state index contributed by atoms with van der Waals surface area (Å²) in [7, 11) is 0. The molecule has 1 unspecified atom stereocenters. The van der Waals surface area contributed by atoms with Crippen LogP contribution in [0.15, 0.2) is 12.2 Å². The van der Waals surface area contributed by atoms with Gasteiger partial charge in [-0.15, -0.1) is 0 Å². The normalized spacial score (nSPS) is 12.2. The minimum atomic E-state index is -0.976. The van der Waals surface area contributed by atoms with Crippen LogP contribution in [0, 0.1) is 0 Å². The third kappa shape index (κ3) is 6.34. The van der Waals surface area contributed by atoms with Crippen molar-refractivity contribution < 1.29 is 14.6 Å². The average molecular weight is 186 g/mol. The van der Waals surface area contributed by atoms with Crippen LogP contribution in [0.3, 0.4) is 0 Å². The lowest BCUT2D eigenvalue weighted by atomic mass is 10.2. The Hall–Kier alpha value is -0.830. The quantitative estimate of drug-likeness (QED) is 0.299.